The molecule has 1 aromatic heterocycles. The highest BCUT2D eigenvalue weighted by molar-refractivity contribution is 5.97. The minimum Gasteiger partial charge on any atom is -0.388 e. The predicted octanol–water partition coefficient (Wildman–Crippen LogP) is 0.719. The normalized spacial score (nSPS) is 16.3. The number of aliphatic hydroxyl groups excluding tert-OH is 1. The largest absolute Gasteiger partial charge is 0.388 e. The molecule has 1 aliphatic rings. The summed E-state index contributed by atoms with van der Waals surface area (Å²) in [5, 5.41) is 14.2. The SMILES string of the molecule is Cn1cc(N2CCN(C(=O)CC(O)c3ccccc3)CC2=O)cn1. The molecule has 0 radical (unpaired) electrons. The van der Waals surface area contributed by atoms with E-state index >= 15 is 0 Å². The first-order valence-electron chi connectivity index (χ1n) is 7.84. The Kier molecular flexibility index (Phi) is 4.61. The van der Waals surface area contributed by atoms with Gasteiger partial charge in [0.15, 0.2) is 0 Å². The Morgan fingerprint density at radius 3 is 2.67 bits per heavy atom. The highest BCUT2D eigenvalue weighted by atomic mass is 16.3. The lowest BCUT2D eigenvalue weighted by atomic mass is 10.1. The van der Waals surface area contributed by atoms with Gasteiger partial charge >= 0.3 is 0 Å². The molecule has 2 aromatic rings. The lowest BCUT2D eigenvalue weighted by molar-refractivity contribution is -0.138. The number of anilines is 1. The van der Waals surface area contributed by atoms with Gasteiger partial charge in [0.2, 0.25) is 11.8 Å². The molecule has 1 unspecified atom stereocenters. The lowest BCUT2D eigenvalue weighted by Crippen LogP contribution is -2.52. The molecule has 1 N–H and O–H groups in total. The molecular formula is C17H20N4O3. The molecule has 0 spiro atoms. The maximum atomic E-state index is 12.4. The number of nitrogens with zero attached hydrogens (tertiary/aromatic N) is 4. The van der Waals surface area contributed by atoms with Gasteiger partial charge in [-0.3, -0.25) is 14.3 Å². The number of piperazine rings is 1. The first kappa shape index (κ1) is 16.2. The highest BCUT2D eigenvalue weighted by Crippen LogP contribution is 2.20. The van der Waals surface area contributed by atoms with Crippen molar-refractivity contribution in [2.24, 2.45) is 7.05 Å². The zero-order valence-corrected chi connectivity index (χ0v) is 13.5. The van der Waals surface area contributed by atoms with Crippen LogP contribution >= 0.6 is 0 Å². The molecule has 0 saturated carbocycles. The van der Waals surface area contributed by atoms with Crippen LogP contribution in [0.1, 0.15) is 18.1 Å². The summed E-state index contributed by atoms with van der Waals surface area (Å²) in [6.07, 6.45) is 2.53. The molecule has 0 bridgehead atoms. The molecule has 1 saturated heterocycles. The van der Waals surface area contributed by atoms with E-state index < -0.39 is 6.10 Å². The maximum Gasteiger partial charge on any atom is 0.246 e. The molecule has 1 aromatic carbocycles. The third kappa shape index (κ3) is 3.46. The number of aryl methyl sites for hydroxylation is 1. The van der Waals surface area contributed by atoms with E-state index in [1.54, 1.807) is 41.2 Å². The topological polar surface area (TPSA) is 78.7 Å². The van der Waals surface area contributed by atoms with E-state index in [1.165, 1.54) is 4.90 Å². The molecule has 7 nitrogen and oxygen atoms in total. The first-order chi connectivity index (χ1) is 11.5. The summed E-state index contributed by atoms with van der Waals surface area (Å²) in [5.74, 6) is -0.359. The van der Waals surface area contributed by atoms with Gasteiger partial charge < -0.3 is 14.9 Å². The van der Waals surface area contributed by atoms with Crippen LogP contribution in [0.4, 0.5) is 5.69 Å². The number of benzene rings is 1. The van der Waals surface area contributed by atoms with Crippen molar-refractivity contribution in [2.75, 3.05) is 24.5 Å². The summed E-state index contributed by atoms with van der Waals surface area (Å²) in [6, 6.07) is 9.06. The van der Waals surface area contributed by atoms with Crippen molar-refractivity contribution >= 4 is 17.5 Å². The average Bonchev–Trinajstić information content (AvgIpc) is 3.01. The van der Waals surface area contributed by atoms with E-state index in [0.717, 1.165) is 5.69 Å². The van der Waals surface area contributed by atoms with E-state index in [0.29, 0.717) is 18.7 Å². The Labute approximate surface area is 140 Å². The number of aliphatic hydroxyl groups is 1. The van der Waals surface area contributed by atoms with E-state index in [-0.39, 0.29) is 24.8 Å². The monoisotopic (exact) mass is 328 g/mol. The van der Waals surface area contributed by atoms with Crippen molar-refractivity contribution in [3.05, 3.63) is 48.3 Å². The highest BCUT2D eigenvalue weighted by Gasteiger charge is 2.29. The van der Waals surface area contributed by atoms with Gasteiger partial charge in [0.1, 0.15) is 6.54 Å². The van der Waals surface area contributed by atoms with Crippen LogP contribution < -0.4 is 4.90 Å². The fourth-order valence-electron chi connectivity index (χ4n) is 2.79. The zero-order chi connectivity index (χ0) is 17.1. The number of carbonyl (C=O) groups excluding carboxylic acids is 2. The van der Waals surface area contributed by atoms with E-state index in [4.69, 9.17) is 0 Å². The van der Waals surface area contributed by atoms with Gasteiger partial charge in [-0.05, 0) is 5.56 Å². The molecule has 2 heterocycles. The van der Waals surface area contributed by atoms with Crippen LogP contribution in [-0.4, -0.2) is 51.2 Å². The Morgan fingerprint density at radius 1 is 1.29 bits per heavy atom. The molecular weight excluding hydrogens is 308 g/mol. The van der Waals surface area contributed by atoms with Crippen LogP contribution in [0.25, 0.3) is 0 Å². The zero-order valence-electron chi connectivity index (χ0n) is 13.5. The first-order valence-corrected chi connectivity index (χ1v) is 7.84. The molecule has 126 valence electrons. The second-order valence-corrected chi connectivity index (χ2v) is 5.86. The fraction of sp³-hybridized carbons (Fsp3) is 0.353. The minimum absolute atomic E-state index is 0.0231. The van der Waals surface area contributed by atoms with Crippen LogP contribution in [0.15, 0.2) is 42.7 Å². The number of hydrogen-bond acceptors (Lipinski definition) is 4. The van der Waals surface area contributed by atoms with Crippen molar-refractivity contribution in [3.63, 3.8) is 0 Å². The third-order valence-electron chi connectivity index (χ3n) is 4.13. The fourth-order valence-corrected chi connectivity index (χ4v) is 2.79. The average molecular weight is 328 g/mol. The van der Waals surface area contributed by atoms with Crippen LogP contribution in [-0.2, 0) is 16.6 Å². The Bertz CT molecular complexity index is 728. The molecule has 0 aliphatic carbocycles. The van der Waals surface area contributed by atoms with Gasteiger partial charge in [0.05, 0.1) is 24.4 Å². The van der Waals surface area contributed by atoms with Crippen molar-refractivity contribution in [1.82, 2.24) is 14.7 Å². The van der Waals surface area contributed by atoms with Crippen LogP contribution in [0.5, 0.6) is 0 Å². The maximum absolute atomic E-state index is 12.4. The van der Waals surface area contributed by atoms with Gasteiger partial charge in [-0.1, -0.05) is 30.3 Å². The molecule has 1 fully saturated rings. The summed E-state index contributed by atoms with van der Waals surface area (Å²) in [7, 11) is 1.79. The number of rotatable bonds is 4. The standard InChI is InChI=1S/C17H20N4O3/c1-19-11-14(10-18-19)21-8-7-20(12-17(21)24)16(23)9-15(22)13-5-3-2-4-6-13/h2-6,10-11,15,22H,7-9,12H2,1H3. The number of aromatic nitrogens is 2. The quantitative estimate of drug-likeness (QED) is 0.897. The van der Waals surface area contributed by atoms with E-state index in [2.05, 4.69) is 5.10 Å². The van der Waals surface area contributed by atoms with Gasteiger partial charge in [-0.15, -0.1) is 0 Å². The molecule has 1 aliphatic heterocycles. The summed E-state index contributed by atoms with van der Waals surface area (Å²) in [6.45, 7) is 0.897. The van der Waals surface area contributed by atoms with Gasteiger partial charge in [-0.25, -0.2) is 0 Å². The number of hydrogen-bond donors (Lipinski definition) is 1. The van der Waals surface area contributed by atoms with Crippen LogP contribution in [0.3, 0.4) is 0 Å². The van der Waals surface area contributed by atoms with Gasteiger partial charge in [0.25, 0.3) is 0 Å². The third-order valence-corrected chi connectivity index (χ3v) is 4.13. The Morgan fingerprint density at radius 2 is 2.04 bits per heavy atom. The van der Waals surface area contributed by atoms with Gasteiger partial charge in [0, 0.05) is 26.3 Å². The molecule has 24 heavy (non-hydrogen) atoms. The number of amides is 2. The lowest BCUT2D eigenvalue weighted by Gasteiger charge is -2.34. The summed E-state index contributed by atoms with van der Waals surface area (Å²) in [4.78, 5) is 27.8. The van der Waals surface area contributed by atoms with Crippen molar-refractivity contribution < 1.29 is 14.7 Å². The second-order valence-electron chi connectivity index (χ2n) is 5.86. The minimum atomic E-state index is -0.856. The smallest absolute Gasteiger partial charge is 0.246 e. The Hall–Kier alpha value is -2.67. The second kappa shape index (κ2) is 6.84. The van der Waals surface area contributed by atoms with E-state index in [1.807, 2.05) is 18.2 Å². The van der Waals surface area contributed by atoms with Crippen molar-refractivity contribution in [3.8, 4) is 0 Å². The summed E-state index contributed by atoms with van der Waals surface area (Å²) in [5.41, 5.74) is 1.44. The molecule has 2 amide bonds. The summed E-state index contributed by atoms with van der Waals surface area (Å²) < 4.78 is 1.64. The molecule has 1 atom stereocenters. The van der Waals surface area contributed by atoms with Crippen molar-refractivity contribution in [2.45, 2.75) is 12.5 Å². The van der Waals surface area contributed by atoms with Crippen LogP contribution in [0, 0.1) is 0 Å². The summed E-state index contributed by atoms with van der Waals surface area (Å²) >= 11 is 0. The molecule has 3 rings (SSSR count). The van der Waals surface area contributed by atoms with Crippen LogP contribution in [0.2, 0.25) is 0 Å². The molecule has 7 heteroatoms. The van der Waals surface area contributed by atoms with Crippen molar-refractivity contribution in [1.29, 1.82) is 0 Å². The predicted molar refractivity (Wildman–Crippen MR) is 88.2 cm³/mol. The van der Waals surface area contributed by atoms with Gasteiger partial charge in [-0.2, -0.15) is 5.10 Å². The Balaban J connectivity index is 1.59. The van der Waals surface area contributed by atoms with E-state index in [9.17, 15) is 14.7 Å². The number of carbonyl (C=O) groups is 2.